The first-order chi connectivity index (χ1) is 23.9. The number of aliphatic hydroxyl groups excluding tert-OH is 1. The van der Waals surface area contributed by atoms with E-state index in [9.17, 15) is 14.7 Å². The number of thioether (sulfide) groups is 1. The number of hydrogen-bond acceptors (Lipinski definition) is 9. The normalized spacial score (nSPS) is 15.6. The van der Waals surface area contributed by atoms with Gasteiger partial charge in [0.05, 0.1) is 18.7 Å². The molecule has 5 aromatic carbocycles. The maximum absolute atomic E-state index is 13.7. The summed E-state index contributed by atoms with van der Waals surface area (Å²) in [7, 11) is 1.54. The number of ketones is 1. The minimum atomic E-state index is -0.962. The largest absolute Gasteiger partial charge is 0.507 e. The molecule has 1 aromatic heterocycles. The van der Waals surface area contributed by atoms with E-state index >= 15 is 0 Å². The number of rotatable bonds is 10. The zero-order valence-corrected chi connectivity index (χ0v) is 28.3. The number of aliphatic hydroxyl groups is 1. The zero-order chi connectivity index (χ0) is 33.9. The molecule has 6 aromatic rings. The second-order valence-corrected chi connectivity index (χ2v) is 13.7. The van der Waals surface area contributed by atoms with Crippen molar-refractivity contribution >= 4 is 56.5 Å². The summed E-state index contributed by atoms with van der Waals surface area (Å²) in [5, 5.41) is 22.9. The Morgan fingerprint density at radius 3 is 2.47 bits per heavy atom. The highest BCUT2D eigenvalue weighted by Gasteiger charge is 2.48. The van der Waals surface area contributed by atoms with E-state index in [1.807, 2.05) is 43.3 Å². The molecular weight excluding hydrogens is 655 g/mol. The van der Waals surface area contributed by atoms with Crippen LogP contribution in [-0.2, 0) is 21.9 Å². The lowest BCUT2D eigenvalue weighted by Gasteiger charge is -2.23. The predicted octanol–water partition coefficient (Wildman–Crippen LogP) is 8.51. The van der Waals surface area contributed by atoms with Gasteiger partial charge >= 0.3 is 5.91 Å². The average Bonchev–Trinajstić information content (AvgIpc) is 3.71. The van der Waals surface area contributed by atoms with Gasteiger partial charge in [0.1, 0.15) is 23.9 Å². The molecule has 10 heteroatoms. The van der Waals surface area contributed by atoms with Gasteiger partial charge in [-0.25, -0.2) is 0 Å². The minimum Gasteiger partial charge on any atom is -0.507 e. The maximum Gasteiger partial charge on any atom is 0.301 e. The molecule has 1 fully saturated rings. The molecule has 1 saturated heterocycles. The molecule has 1 amide bonds. The molecule has 244 valence electrons. The highest BCUT2D eigenvalue weighted by atomic mass is 32.2. The van der Waals surface area contributed by atoms with Crippen LogP contribution >= 0.6 is 23.1 Å². The van der Waals surface area contributed by atoms with Gasteiger partial charge in [0.2, 0.25) is 5.13 Å². The van der Waals surface area contributed by atoms with E-state index in [4.69, 9.17) is 9.47 Å². The fourth-order valence-electron chi connectivity index (χ4n) is 5.91. The number of fused-ring (bicyclic) bond motifs is 1. The van der Waals surface area contributed by atoms with Crippen LogP contribution in [0.3, 0.4) is 0 Å². The number of methoxy groups -OCH3 is 1. The minimum absolute atomic E-state index is 0.0492. The van der Waals surface area contributed by atoms with Crippen molar-refractivity contribution in [3.05, 3.63) is 149 Å². The second-order valence-electron chi connectivity index (χ2n) is 11.5. The lowest BCUT2D eigenvalue weighted by Crippen LogP contribution is -2.29. The van der Waals surface area contributed by atoms with Crippen LogP contribution in [0.1, 0.15) is 33.9 Å². The zero-order valence-electron chi connectivity index (χ0n) is 26.7. The Labute approximate surface area is 291 Å². The fourth-order valence-corrected chi connectivity index (χ4v) is 7.78. The number of carbonyl (C=O) groups is 2. The molecule has 0 saturated carbocycles. The fraction of sp³-hybridized carbons (Fsp3) is 0.128. The lowest BCUT2D eigenvalue weighted by atomic mass is 9.95. The van der Waals surface area contributed by atoms with Crippen molar-refractivity contribution in [2.24, 2.45) is 0 Å². The van der Waals surface area contributed by atoms with Crippen molar-refractivity contribution in [3.63, 3.8) is 0 Å². The smallest absolute Gasteiger partial charge is 0.301 e. The molecule has 0 aliphatic carbocycles. The second kappa shape index (κ2) is 14.0. The number of carbonyl (C=O) groups excluding carboxylic acids is 2. The topological polar surface area (TPSA) is 102 Å². The van der Waals surface area contributed by atoms with Gasteiger partial charge < -0.3 is 14.6 Å². The molecule has 1 atom stereocenters. The Morgan fingerprint density at radius 2 is 1.65 bits per heavy atom. The van der Waals surface area contributed by atoms with Crippen LogP contribution in [0, 0.1) is 6.92 Å². The molecular formula is C39H31N3O5S2. The third-order valence-electron chi connectivity index (χ3n) is 8.30. The van der Waals surface area contributed by atoms with Crippen molar-refractivity contribution in [1.29, 1.82) is 0 Å². The molecule has 49 heavy (non-hydrogen) atoms. The van der Waals surface area contributed by atoms with Gasteiger partial charge in [-0.2, -0.15) is 0 Å². The van der Waals surface area contributed by atoms with Gasteiger partial charge in [0.15, 0.2) is 4.34 Å². The van der Waals surface area contributed by atoms with Gasteiger partial charge in [-0.05, 0) is 70.8 Å². The highest BCUT2D eigenvalue weighted by molar-refractivity contribution is 8.00. The number of ether oxygens (including phenoxy) is 2. The van der Waals surface area contributed by atoms with Gasteiger partial charge in [-0.3, -0.25) is 14.5 Å². The lowest BCUT2D eigenvalue weighted by molar-refractivity contribution is -0.132. The van der Waals surface area contributed by atoms with Gasteiger partial charge in [0.25, 0.3) is 5.78 Å². The Bertz CT molecular complexity index is 2210. The van der Waals surface area contributed by atoms with Crippen molar-refractivity contribution in [2.75, 3.05) is 12.0 Å². The third-order valence-corrected chi connectivity index (χ3v) is 10.4. The van der Waals surface area contributed by atoms with E-state index in [0.29, 0.717) is 39.3 Å². The summed E-state index contributed by atoms with van der Waals surface area (Å²) in [6.45, 7) is 2.41. The first-order valence-corrected chi connectivity index (χ1v) is 17.4. The number of Topliss-reactive ketones (excluding diaryl/α,β-unsaturated/α-hetero) is 1. The highest BCUT2D eigenvalue weighted by Crippen LogP contribution is 2.45. The number of benzene rings is 5. The first kappa shape index (κ1) is 32.1. The van der Waals surface area contributed by atoms with Gasteiger partial charge in [-0.15, -0.1) is 10.2 Å². The summed E-state index contributed by atoms with van der Waals surface area (Å²) in [6, 6.07) is 35.4. The Balaban J connectivity index is 1.19. The maximum atomic E-state index is 13.7. The Kier molecular flexibility index (Phi) is 9.15. The number of anilines is 1. The molecule has 7 rings (SSSR count). The summed E-state index contributed by atoms with van der Waals surface area (Å²) in [6.07, 6.45) is 0. The standard InChI is InChI=1S/C39H31N3O5S2/c1-24-8-5-9-25(20-24)22-47-30-18-16-27(17-19-30)35(43)33-34(28-12-7-14-31(21-28)46-2)42(37(45)36(33)44)38-40-41-39(49-38)48-23-29-13-6-11-26-10-3-4-15-32(26)29/h3-21,34,43H,22-23H2,1-2H3/b35-33+. The van der Waals surface area contributed by atoms with E-state index < -0.39 is 17.7 Å². The Morgan fingerprint density at radius 1 is 0.878 bits per heavy atom. The molecule has 1 N–H and O–H groups in total. The number of aryl methyl sites for hydroxylation is 1. The molecule has 0 bridgehead atoms. The van der Waals surface area contributed by atoms with Gasteiger partial charge in [-0.1, -0.05) is 108 Å². The first-order valence-electron chi connectivity index (χ1n) is 15.6. The Hall–Kier alpha value is -5.45. The average molecular weight is 686 g/mol. The van der Waals surface area contributed by atoms with Crippen molar-refractivity contribution < 1.29 is 24.2 Å². The van der Waals surface area contributed by atoms with E-state index in [0.717, 1.165) is 27.5 Å². The molecule has 0 radical (unpaired) electrons. The summed E-state index contributed by atoms with van der Waals surface area (Å²) < 4.78 is 12.1. The third kappa shape index (κ3) is 6.65. The summed E-state index contributed by atoms with van der Waals surface area (Å²) in [5.41, 5.74) is 4.25. The molecule has 1 aliphatic rings. The molecule has 8 nitrogen and oxygen atoms in total. The van der Waals surface area contributed by atoms with Gasteiger partial charge in [0, 0.05) is 11.3 Å². The van der Waals surface area contributed by atoms with E-state index in [-0.39, 0.29) is 16.5 Å². The van der Waals surface area contributed by atoms with E-state index in [1.165, 1.54) is 28.0 Å². The summed E-state index contributed by atoms with van der Waals surface area (Å²) in [5.74, 6) is -0.112. The van der Waals surface area contributed by atoms with E-state index in [1.54, 1.807) is 55.6 Å². The van der Waals surface area contributed by atoms with Crippen LogP contribution in [0.15, 0.2) is 125 Å². The van der Waals surface area contributed by atoms with Crippen LogP contribution < -0.4 is 14.4 Å². The van der Waals surface area contributed by atoms with Crippen LogP contribution in [0.5, 0.6) is 11.5 Å². The predicted molar refractivity (Wildman–Crippen MR) is 193 cm³/mol. The monoisotopic (exact) mass is 685 g/mol. The number of amides is 1. The summed E-state index contributed by atoms with van der Waals surface area (Å²) >= 11 is 2.74. The molecule has 1 unspecified atom stereocenters. The van der Waals surface area contributed by atoms with Crippen molar-refractivity contribution in [1.82, 2.24) is 10.2 Å². The number of hydrogen-bond donors (Lipinski definition) is 1. The number of aromatic nitrogens is 2. The SMILES string of the molecule is COc1cccc(C2/C(=C(\O)c3ccc(OCc4cccc(C)c4)cc3)C(=O)C(=O)N2c2nnc(SCc3cccc4ccccc34)s2)c1. The molecule has 2 heterocycles. The van der Waals surface area contributed by atoms with Crippen molar-refractivity contribution in [2.45, 2.75) is 29.7 Å². The summed E-state index contributed by atoms with van der Waals surface area (Å²) in [4.78, 5) is 28.8. The van der Waals surface area contributed by atoms with Crippen LogP contribution in [0.2, 0.25) is 0 Å². The van der Waals surface area contributed by atoms with Crippen LogP contribution in [0.25, 0.3) is 16.5 Å². The van der Waals surface area contributed by atoms with Crippen LogP contribution in [0.4, 0.5) is 5.13 Å². The molecule has 0 spiro atoms. The quantitative estimate of drug-likeness (QED) is 0.0504. The van der Waals surface area contributed by atoms with Crippen LogP contribution in [-0.4, -0.2) is 34.1 Å². The number of nitrogens with zero attached hydrogens (tertiary/aromatic N) is 3. The van der Waals surface area contributed by atoms with Crippen molar-refractivity contribution in [3.8, 4) is 11.5 Å². The molecule has 1 aliphatic heterocycles. The van der Waals surface area contributed by atoms with E-state index in [2.05, 4.69) is 40.5 Å².